The SMILES string of the molecule is CCOC1O[C@@H]2COC(c3ccccc3)O[C@@H]2[C@H](O)[C@H]1S. The van der Waals surface area contributed by atoms with Crippen LogP contribution in [0.25, 0.3) is 0 Å². The number of hydrogen-bond acceptors (Lipinski definition) is 6. The van der Waals surface area contributed by atoms with E-state index in [-0.39, 0.29) is 6.10 Å². The first kappa shape index (κ1) is 15.3. The van der Waals surface area contributed by atoms with E-state index in [0.29, 0.717) is 13.2 Å². The molecule has 5 nitrogen and oxygen atoms in total. The van der Waals surface area contributed by atoms with Crippen LogP contribution in [-0.2, 0) is 18.9 Å². The summed E-state index contributed by atoms with van der Waals surface area (Å²) in [7, 11) is 0. The lowest BCUT2D eigenvalue weighted by atomic mass is 9.99. The third kappa shape index (κ3) is 3.11. The number of hydrogen-bond donors (Lipinski definition) is 2. The Morgan fingerprint density at radius 1 is 1.29 bits per heavy atom. The molecule has 6 atom stereocenters. The van der Waals surface area contributed by atoms with E-state index in [1.165, 1.54) is 0 Å². The molecule has 0 spiro atoms. The van der Waals surface area contributed by atoms with Gasteiger partial charge in [-0.2, -0.15) is 12.6 Å². The van der Waals surface area contributed by atoms with Crippen molar-refractivity contribution in [2.45, 2.75) is 43.1 Å². The normalized spacial score (nSPS) is 39.8. The molecule has 2 aliphatic heterocycles. The van der Waals surface area contributed by atoms with Gasteiger partial charge in [0, 0.05) is 12.2 Å². The van der Waals surface area contributed by atoms with E-state index in [1.807, 2.05) is 37.3 Å². The first-order valence-corrected chi connectivity index (χ1v) is 7.67. The van der Waals surface area contributed by atoms with Crippen LogP contribution in [0.15, 0.2) is 30.3 Å². The van der Waals surface area contributed by atoms with Crippen molar-refractivity contribution in [2.75, 3.05) is 13.2 Å². The van der Waals surface area contributed by atoms with Gasteiger partial charge >= 0.3 is 0 Å². The lowest BCUT2D eigenvalue weighted by molar-refractivity contribution is -0.334. The maximum Gasteiger partial charge on any atom is 0.184 e. The minimum absolute atomic E-state index is 0.347. The Balaban J connectivity index is 1.71. The summed E-state index contributed by atoms with van der Waals surface area (Å²) in [4.78, 5) is 0. The van der Waals surface area contributed by atoms with Crippen molar-refractivity contribution >= 4 is 12.6 Å². The molecule has 1 N–H and O–H groups in total. The molecule has 2 heterocycles. The average Bonchev–Trinajstić information content (AvgIpc) is 2.53. The Morgan fingerprint density at radius 3 is 2.76 bits per heavy atom. The fourth-order valence-corrected chi connectivity index (χ4v) is 2.99. The molecule has 2 aliphatic rings. The van der Waals surface area contributed by atoms with Crippen LogP contribution in [-0.4, -0.2) is 48.2 Å². The van der Waals surface area contributed by atoms with Gasteiger partial charge in [-0.05, 0) is 6.92 Å². The maximum absolute atomic E-state index is 10.4. The van der Waals surface area contributed by atoms with Gasteiger partial charge in [-0.25, -0.2) is 0 Å². The molecule has 21 heavy (non-hydrogen) atoms. The first-order chi connectivity index (χ1) is 10.2. The summed E-state index contributed by atoms with van der Waals surface area (Å²) < 4.78 is 22.8. The van der Waals surface area contributed by atoms with Crippen molar-refractivity contribution in [2.24, 2.45) is 0 Å². The summed E-state index contributed by atoms with van der Waals surface area (Å²) in [6, 6.07) is 9.65. The first-order valence-electron chi connectivity index (χ1n) is 7.16. The molecule has 116 valence electrons. The van der Waals surface area contributed by atoms with E-state index in [2.05, 4.69) is 12.6 Å². The predicted molar refractivity (Wildman–Crippen MR) is 79.1 cm³/mol. The molecule has 0 aliphatic carbocycles. The molecule has 0 amide bonds. The van der Waals surface area contributed by atoms with Crippen molar-refractivity contribution in [1.82, 2.24) is 0 Å². The van der Waals surface area contributed by atoms with Gasteiger partial charge in [0.1, 0.15) is 12.2 Å². The molecule has 2 saturated heterocycles. The monoisotopic (exact) mass is 312 g/mol. The van der Waals surface area contributed by atoms with E-state index in [1.54, 1.807) is 0 Å². The Morgan fingerprint density at radius 2 is 2.05 bits per heavy atom. The fourth-order valence-electron chi connectivity index (χ4n) is 2.66. The lowest BCUT2D eigenvalue weighted by Gasteiger charge is -2.46. The van der Waals surface area contributed by atoms with Gasteiger partial charge in [0.2, 0.25) is 0 Å². The van der Waals surface area contributed by atoms with Crippen LogP contribution in [0.5, 0.6) is 0 Å². The molecular formula is C15H20O5S. The van der Waals surface area contributed by atoms with Gasteiger partial charge in [0.25, 0.3) is 0 Å². The largest absolute Gasteiger partial charge is 0.389 e. The fraction of sp³-hybridized carbons (Fsp3) is 0.600. The highest BCUT2D eigenvalue weighted by Gasteiger charge is 2.48. The second-order valence-corrected chi connectivity index (χ2v) is 5.75. The molecule has 0 radical (unpaired) electrons. The highest BCUT2D eigenvalue weighted by molar-refractivity contribution is 7.81. The van der Waals surface area contributed by atoms with E-state index in [4.69, 9.17) is 18.9 Å². The van der Waals surface area contributed by atoms with Crippen LogP contribution in [0, 0.1) is 0 Å². The molecule has 1 aromatic rings. The van der Waals surface area contributed by atoms with Gasteiger partial charge < -0.3 is 24.1 Å². The molecule has 0 aromatic heterocycles. The highest BCUT2D eigenvalue weighted by Crippen LogP contribution is 2.35. The second kappa shape index (κ2) is 6.64. The number of fused-ring (bicyclic) bond motifs is 1. The van der Waals surface area contributed by atoms with Gasteiger partial charge in [0.05, 0.1) is 18.0 Å². The van der Waals surface area contributed by atoms with E-state index >= 15 is 0 Å². The Kier molecular flexibility index (Phi) is 4.83. The third-order valence-corrected chi connectivity index (χ3v) is 4.28. The van der Waals surface area contributed by atoms with Crippen LogP contribution < -0.4 is 0 Å². The van der Waals surface area contributed by atoms with Gasteiger partial charge in [-0.15, -0.1) is 0 Å². The van der Waals surface area contributed by atoms with Crippen LogP contribution in [0.2, 0.25) is 0 Å². The summed E-state index contributed by atoms with van der Waals surface area (Å²) in [5.74, 6) is 0. The quantitative estimate of drug-likeness (QED) is 0.829. The summed E-state index contributed by atoms with van der Waals surface area (Å²) in [5, 5.41) is 9.97. The second-order valence-electron chi connectivity index (χ2n) is 5.16. The van der Waals surface area contributed by atoms with Crippen molar-refractivity contribution < 1.29 is 24.1 Å². The Bertz CT molecular complexity index is 455. The van der Waals surface area contributed by atoms with Crippen LogP contribution in [0.4, 0.5) is 0 Å². The summed E-state index contributed by atoms with van der Waals surface area (Å²) in [6.45, 7) is 2.73. The van der Waals surface area contributed by atoms with Crippen LogP contribution in [0.1, 0.15) is 18.8 Å². The standard InChI is InChI=1S/C15H20O5S/c1-2-17-15-13(21)11(16)12-10(19-15)8-18-14(20-12)9-6-4-3-5-7-9/h3-7,10-16,21H,2,8H2,1H3/t10-,11+,12+,13-,14?,15?/m1/s1. The van der Waals surface area contributed by atoms with E-state index in [9.17, 15) is 5.11 Å². The summed E-state index contributed by atoms with van der Waals surface area (Å²) in [6.07, 6.45) is -2.62. The molecule has 1 aromatic carbocycles. The third-order valence-electron chi connectivity index (χ3n) is 3.74. The van der Waals surface area contributed by atoms with Gasteiger partial charge in [-0.1, -0.05) is 30.3 Å². The van der Waals surface area contributed by atoms with Crippen LogP contribution in [0.3, 0.4) is 0 Å². The van der Waals surface area contributed by atoms with Gasteiger partial charge in [0.15, 0.2) is 12.6 Å². The van der Waals surface area contributed by atoms with Gasteiger partial charge in [-0.3, -0.25) is 0 Å². The van der Waals surface area contributed by atoms with Crippen molar-refractivity contribution in [3.05, 3.63) is 35.9 Å². The van der Waals surface area contributed by atoms with Crippen molar-refractivity contribution in [1.29, 1.82) is 0 Å². The molecular weight excluding hydrogens is 292 g/mol. The van der Waals surface area contributed by atoms with E-state index in [0.717, 1.165) is 5.56 Å². The topological polar surface area (TPSA) is 57.2 Å². The minimum Gasteiger partial charge on any atom is -0.389 e. The zero-order valence-electron chi connectivity index (χ0n) is 11.8. The number of thiol groups is 1. The average molecular weight is 312 g/mol. The smallest absolute Gasteiger partial charge is 0.184 e. The number of aliphatic hydroxyl groups excluding tert-OH is 1. The van der Waals surface area contributed by atoms with Crippen molar-refractivity contribution in [3.63, 3.8) is 0 Å². The number of aliphatic hydroxyl groups is 1. The predicted octanol–water partition coefficient (Wildman–Crippen LogP) is 1.52. The summed E-state index contributed by atoms with van der Waals surface area (Å²) >= 11 is 4.40. The zero-order chi connectivity index (χ0) is 14.8. The number of benzene rings is 1. The molecule has 0 bridgehead atoms. The van der Waals surface area contributed by atoms with Crippen molar-refractivity contribution in [3.8, 4) is 0 Å². The number of rotatable bonds is 3. The molecule has 2 unspecified atom stereocenters. The molecule has 0 saturated carbocycles. The molecule has 2 fully saturated rings. The Labute approximate surface area is 129 Å². The molecule has 3 rings (SSSR count). The molecule has 6 heteroatoms. The lowest BCUT2D eigenvalue weighted by Crippen LogP contribution is -2.60. The maximum atomic E-state index is 10.4. The zero-order valence-corrected chi connectivity index (χ0v) is 12.7. The van der Waals surface area contributed by atoms with E-state index < -0.39 is 30.0 Å². The van der Waals surface area contributed by atoms with Crippen LogP contribution >= 0.6 is 12.6 Å². The minimum atomic E-state index is -0.765. The summed E-state index contributed by atoms with van der Waals surface area (Å²) in [5.41, 5.74) is 0.922. The highest BCUT2D eigenvalue weighted by atomic mass is 32.1. The Hall–Kier alpha value is -0.630. The number of ether oxygens (including phenoxy) is 4.